The van der Waals surface area contributed by atoms with Crippen LogP contribution in [0.4, 0.5) is 0 Å². The van der Waals surface area contributed by atoms with Gasteiger partial charge in [0.1, 0.15) is 0 Å². The SMILES string of the molecule is CCNC(=NCC1(OC)CCOCC1)N(C)Cc1ccccc1C. The molecule has 5 nitrogen and oxygen atoms in total. The van der Waals surface area contributed by atoms with Crippen LogP contribution in [0.15, 0.2) is 29.3 Å². The number of aliphatic imine (C=N–C) groups is 1. The van der Waals surface area contributed by atoms with Gasteiger partial charge in [-0.05, 0) is 25.0 Å². The molecule has 0 aliphatic carbocycles. The second kappa shape index (κ2) is 9.04. The van der Waals surface area contributed by atoms with Crippen molar-refractivity contribution in [2.45, 2.75) is 38.8 Å². The Morgan fingerprint density at radius 2 is 2.04 bits per heavy atom. The summed E-state index contributed by atoms with van der Waals surface area (Å²) in [7, 11) is 3.86. The zero-order valence-corrected chi connectivity index (χ0v) is 15.5. The van der Waals surface area contributed by atoms with Gasteiger partial charge in [-0.3, -0.25) is 4.99 Å². The Morgan fingerprint density at radius 3 is 2.67 bits per heavy atom. The van der Waals surface area contributed by atoms with Gasteiger partial charge in [0.25, 0.3) is 0 Å². The van der Waals surface area contributed by atoms with Crippen LogP contribution in [0.25, 0.3) is 0 Å². The molecule has 5 heteroatoms. The van der Waals surface area contributed by atoms with Gasteiger partial charge in [0.15, 0.2) is 5.96 Å². The molecule has 0 saturated carbocycles. The highest BCUT2D eigenvalue weighted by atomic mass is 16.5. The summed E-state index contributed by atoms with van der Waals surface area (Å²) in [5.74, 6) is 0.920. The van der Waals surface area contributed by atoms with Crippen LogP contribution in [-0.4, -0.2) is 56.9 Å². The maximum atomic E-state index is 5.79. The molecule has 134 valence electrons. The average Bonchev–Trinajstić information content (AvgIpc) is 2.61. The van der Waals surface area contributed by atoms with Gasteiger partial charge in [-0.2, -0.15) is 0 Å². The first-order valence-corrected chi connectivity index (χ1v) is 8.77. The lowest BCUT2D eigenvalue weighted by atomic mass is 9.94. The fourth-order valence-electron chi connectivity index (χ4n) is 2.98. The van der Waals surface area contributed by atoms with E-state index in [2.05, 4.69) is 55.4 Å². The van der Waals surface area contributed by atoms with Crippen LogP contribution in [0.1, 0.15) is 30.9 Å². The summed E-state index contributed by atoms with van der Waals surface area (Å²) in [6, 6.07) is 8.48. The Morgan fingerprint density at radius 1 is 1.33 bits per heavy atom. The summed E-state index contributed by atoms with van der Waals surface area (Å²) < 4.78 is 11.3. The first-order chi connectivity index (χ1) is 11.6. The first-order valence-electron chi connectivity index (χ1n) is 8.77. The lowest BCUT2D eigenvalue weighted by Gasteiger charge is -2.35. The molecular formula is C19H31N3O2. The van der Waals surface area contributed by atoms with E-state index < -0.39 is 0 Å². The molecular weight excluding hydrogens is 302 g/mol. The molecule has 0 bridgehead atoms. The third-order valence-corrected chi connectivity index (χ3v) is 4.72. The van der Waals surface area contributed by atoms with Crippen molar-refractivity contribution < 1.29 is 9.47 Å². The zero-order chi connectivity index (χ0) is 17.4. The normalized spacial score (nSPS) is 17.6. The molecule has 1 aliphatic heterocycles. The van der Waals surface area contributed by atoms with Crippen molar-refractivity contribution >= 4 is 5.96 Å². The number of hydrogen-bond acceptors (Lipinski definition) is 3. The minimum atomic E-state index is -0.192. The van der Waals surface area contributed by atoms with Crippen LogP contribution in [0.2, 0.25) is 0 Å². The maximum absolute atomic E-state index is 5.79. The predicted molar refractivity (Wildman–Crippen MR) is 98.4 cm³/mol. The van der Waals surface area contributed by atoms with Crippen molar-refractivity contribution in [2.75, 3.05) is 40.5 Å². The van der Waals surface area contributed by atoms with E-state index in [4.69, 9.17) is 14.5 Å². The van der Waals surface area contributed by atoms with E-state index in [1.165, 1.54) is 11.1 Å². The quantitative estimate of drug-likeness (QED) is 0.642. The van der Waals surface area contributed by atoms with Crippen LogP contribution in [0, 0.1) is 6.92 Å². The molecule has 0 spiro atoms. The summed E-state index contributed by atoms with van der Waals surface area (Å²) in [5, 5.41) is 3.39. The van der Waals surface area contributed by atoms with E-state index >= 15 is 0 Å². The average molecular weight is 333 g/mol. The number of hydrogen-bond donors (Lipinski definition) is 1. The first kappa shape index (κ1) is 18.7. The highest BCUT2D eigenvalue weighted by molar-refractivity contribution is 5.79. The smallest absolute Gasteiger partial charge is 0.194 e. The molecule has 2 rings (SSSR count). The summed E-state index contributed by atoms with van der Waals surface area (Å²) in [4.78, 5) is 7.03. The standard InChI is InChI=1S/C19H31N3O2/c1-5-20-18(21-15-19(23-4)10-12-24-13-11-19)22(3)14-17-9-7-6-8-16(17)2/h6-9H,5,10-15H2,1-4H3,(H,20,21). The van der Waals surface area contributed by atoms with Gasteiger partial charge in [-0.1, -0.05) is 24.3 Å². The second-order valence-corrected chi connectivity index (χ2v) is 6.45. The van der Waals surface area contributed by atoms with Gasteiger partial charge in [0, 0.05) is 53.3 Å². The largest absolute Gasteiger partial charge is 0.381 e. The van der Waals surface area contributed by atoms with E-state index in [1.807, 2.05) is 0 Å². The summed E-state index contributed by atoms with van der Waals surface area (Å²) >= 11 is 0. The lowest BCUT2D eigenvalue weighted by molar-refractivity contribution is -0.0829. The number of rotatable bonds is 6. The lowest BCUT2D eigenvalue weighted by Crippen LogP contribution is -2.44. The number of methoxy groups -OCH3 is 1. The molecule has 0 unspecified atom stereocenters. The minimum Gasteiger partial charge on any atom is -0.381 e. The molecule has 1 aromatic carbocycles. The van der Waals surface area contributed by atoms with E-state index in [9.17, 15) is 0 Å². The van der Waals surface area contributed by atoms with E-state index in [1.54, 1.807) is 7.11 Å². The molecule has 1 fully saturated rings. The molecule has 1 aromatic rings. The van der Waals surface area contributed by atoms with E-state index in [0.29, 0.717) is 6.54 Å². The minimum absolute atomic E-state index is 0.192. The van der Waals surface area contributed by atoms with Gasteiger partial charge in [0.05, 0.1) is 12.1 Å². The Balaban J connectivity index is 2.07. The van der Waals surface area contributed by atoms with Crippen LogP contribution in [0.3, 0.4) is 0 Å². The molecule has 0 aromatic heterocycles. The van der Waals surface area contributed by atoms with Gasteiger partial charge < -0.3 is 19.7 Å². The van der Waals surface area contributed by atoms with Crippen molar-refractivity contribution in [3.05, 3.63) is 35.4 Å². The third kappa shape index (κ3) is 4.95. The molecule has 1 saturated heterocycles. The monoisotopic (exact) mass is 333 g/mol. The summed E-state index contributed by atoms with van der Waals surface area (Å²) in [6.07, 6.45) is 1.79. The van der Waals surface area contributed by atoms with Crippen LogP contribution >= 0.6 is 0 Å². The topological polar surface area (TPSA) is 46.1 Å². The van der Waals surface area contributed by atoms with Gasteiger partial charge >= 0.3 is 0 Å². The molecule has 0 atom stereocenters. The Kier molecular flexibility index (Phi) is 7.06. The fraction of sp³-hybridized carbons (Fsp3) is 0.632. The predicted octanol–water partition coefficient (Wildman–Crippen LogP) is 2.59. The van der Waals surface area contributed by atoms with Crippen molar-refractivity contribution in [2.24, 2.45) is 4.99 Å². The number of guanidine groups is 1. The highest BCUT2D eigenvalue weighted by Gasteiger charge is 2.32. The highest BCUT2D eigenvalue weighted by Crippen LogP contribution is 2.24. The van der Waals surface area contributed by atoms with Crippen molar-refractivity contribution in [1.82, 2.24) is 10.2 Å². The van der Waals surface area contributed by atoms with Gasteiger partial charge in [-0.25, -0.2) is 0 Å². The van der Waals surface area contributed by atoms with E-state index in [0.717, 1.165) is 45.1 Å². The Labute approximate surface area is 146 Å². The van der Waals surface area contributed by atoms with Crippen LogP contribution < -0.4 is 5.32 Å². The molecule has 1 heterocycles. The van der Waals surface area contributed by atoms with Gasteiger partial charge in [0.2, 0.25) is 0 Å². The number of benzene rings is 1. The fourth-order valence-corrected chi connectivity index (χ4v) is 2.98. The molecule has 1 aliphatic rings. The van der Waals surface area contributed by atoms with Crippen LogP contribution in [0.5, 0.6) is 0 Å². The second-order valence-electron chi connectivity index (χ2n) is 6.45. The van der Waals surface area contributed by atoms with E-state index in [-0.39, 0.29) is 5.60 Å². The molecule has 0 amide bonds. The number of nitrogens with zero attached hydrogens (tertiary/aromatic N) is 2. The third-order valence-electron chi connectivity index (χ3n) is 4.72. The molecule has 0 radical (unpaired) electrons. The number of nitrogens with one attached hydrogen (secondary N) is 1. The summed E-state index contributed by atoms with van der Waals surface area (Å²) in [5.41, 5.74) is 2.43. The van der Waals surface area contributed by atoms with Crippen molar-refractivity contribution in [3.63, 3.8) is 0 Å². The number of aryl methyl sites for hydroxylation is 1. The maximum Gasteiger partial charge on any atom is 0.194 e. The van der Waals surface area contributed by atoms with Gasteiger partial charge in [-0.15, -0.1) is 0 Å². The summed E-state index contributed by atoms with van der Waals surface area (Å²) in [6.45, 7) is 8.08. The zero-order valence-electron chi connectivity index (χ0n) is 15.5. The van der Waals surface area contributed by atoms with Crippen molar-refractivity contribution in [3.8, 4) is 0 Å². The molecule has 24 heavy (non-hydrogen) atoms. The Hall–Kier alpha value is -1.59. The van der Waals surface area contributed by atoms with Crippen LogP contribution in [-0.2, 0) is 16.0 Å². The Bertz CT molecular complexity index is 539. The number of ether oxygens (including phenoxy) is 2. The molecule has 1 N–H and O–H groups in total. The van der Waals surface area contributed by atoms with Crippen molar-refractivity contribution in [1.29, 1.82) is 0 Å².